The first-order chi connectivity index (χ1) is 8.20. The van der Waals surface area contributed by atoms with E-state index in [4.69, 9.17) is 0 Å². The fourth-order valence-electron chi connectivity index (χ4n) is 2.63. The monoisotopic (exact) mass is 254 g/mol. The van der Waals surface area contributed by atoms with Crippen molar-refractivity contribution in [2.45, 2.75) is 39.2 Å². The third-order valence-electron chi connectivity index (χ3n) is 3.82. The van der Waals surface area contributed by atoms with Crippen LogP contribution in [0.5, 0.6) is 0 Å². The Morgan fingerprint density at radius 2 is 2.29 bits per heavy atom. The molecule has 0 aromatic carbocycles. The highest BCUT2D eigenvalue weighted by atomic mass is 32.1. The molecule has 1 heterocycles. The van der Waals surface area contributed by atoms with Crippen molar-refractivity contribution < 1.29 is 5.11 Å². The van der Waals surface area contributed by atoms with Crippen LogP contribution in [-0.2, 0) is 0 Å². The molecule has 96 valence electrons. The molecule has 1 aliphatic carbocycles. The topological polar surface area (TPSA) is 45.2 Å². The van der Waals surface area contributed by atoms with Crippen LogP contribution in [0, 0.1) is 18.8 Å². The molecule has 1 saturated carbocycles. The van der Waals surface area contributed by atoms with Gasteiger partial charge in [0.05, 0.1) is 10.7 Å². The molecule has 1 aliphatic rings. The minimum Gasteiger partial charge on any atom is -0.396 e. The van der Waals surface area contributed by atoms with Crippen LogP contribution in [0.4, 0.5) is 0 Å². The van der Waals surface area contributed by atoms with Gasteiger partial charge in [0, 0.05) is 18.0 Å². The van der Waals surface area contributed by atoms with Crippen LogP contribution in [0.15, 0.2) is 5.38 Å². The van der Waals surface area contributed by atoms with Crippen molar-refractivity contribution >= 4 is 11.3 Å². The van der Waals surface area contributed by atoms with Gasteiger partial charge >= 0.3 is 0 Å². The van der Waals surface area contributed by atoms with Gasteiger partial charge in [-0.1, -0.05) is 6.42 Å². The number of nitrogens with one attached hydrogen (secondary N) is 1. The zero-order valence-electron chi connectivity index (χ0n) is 10.6. The number of aromatic nitrogens is 1. The van der Waals surface area contributed by atoms with Crippen molar-refractivity contribution in [3.63, 3.8) is 0 Å². The number of aliphatic hydroxyl groups is 1. The molecule has 0 amide bonds. The molecule has 3 atom stereocenters. The van der Waals surface area contributed by atoms with Gasteiger partial charge in [-0.25, -0.2) is 4.98 Å². The lowest BCUT2D eigenvalue weighted by Crippen LogP contribution is -2.29. The van der Waals surface area contributed by atoms with E-state index in [9.17, 15) is 5.11 Å². The maximum absolute atomic E-state index is 9.28. The van der Waals surface area contributed by atoms with Crippen molar-refractivity contribution in [2.75, 3.05) is 13.2 Å². The second-order valence-electron chi connectivity index (χ2n) is 5.05. The van der Waals surface area contributed by atoms with Crippen molar-refractivity contribution in [1.29, 1.82) is 0 Å². The predicted octanol–water partition coefficient (Wildman–Crippen LogP) is 2.51. The minimum absolute atomic E-state index is 0.319. The summed E-state index contributed by atoms with van der Waals surface area (Å²) in [5, 5.41) is 16.1. The summed E-state index contributed by atoms with van der Waals surface area (Å²) in [7, 11) is 0. The van der Waals surface area contributed by atoms with E-state index >= 15 is 0 Å². The number of nitrogens with zero attached hydrogens (tertiary/aromatic N) is 1. The summed E-state index contributed by atoms with van der Waals surface area (Å²) in [4.78, 5) is 4.50. The smallest absolute Gasteiger partial charge is 0.0898 e. The Balaban J connectivity index is 1.81. The standard InChI is InChI=1S/C13H22N2OS/c1-9(13-8-17-10(2)15-13)14-6-11-4-3-5-12(11)7-16/h8-9,11-12,14,16H,3-7H2,1-2H3. The van der Waals surface area contributed by atoms with Crippen LogP contribution in [0.2, 0.25) is 0 Å². The number of hydrogen-bond acceptors (Lipinski definition) is 4. The highest BCUT2D eigenvalue weighted by molar-refractivity contribution is 7.09. The summed E-state index contributed by atoms with van der Waals surface area (Å²) in [5.74, 6) is 1.15. The molecular weight excluding hydrogens is 232 g/mol. The molecule has 0 spiro atoms. The summed E-state index contributed by atoms with van der Waals surface area (Å²) in [5.41, 5.74) is 1.14. The van der Waals surface area contributed by atoms with Gasteiger partial charge in [-0.15, -0.1) is 11.3 Å². The van der Waals surface area contributed by atoms with Crippen LogP contribution in [-0.4, -0.2) is 23.2 Å². The van der Waals surface area contributed by atoms with Gasteiger partial charge in [0.2, 0.25) is 0 Å². The fourth-order valence-corrected chi connectivity index (χ4v) is 3.34. The lowest BCUT2D eigenvalue weighted by molar-refractivity contribution is 0.190. The average Bonchev–Trinajstić information content (AvgIpc) is 2.94. The van der Waals surface area contributed by atoms with E-state index in [1.54, 1.807) is 11.3 Å². The molecule has 0 saturated heterocycles. The highest BCUT2D eigenvalue weighted by Crippen LogP contribution is 2.31. The van der Waals surface area contributed by atoms with E-state index in [2.05, 4.69) is 22.6 Å². The van der Waals surface area contributed by atoms with Crippen molar-refractivity contribution in [3.05, 3.63) is 16.1 Å². The van der Waals surface area contributed by atoms with Crippen LogP contribution in [0.1, 0.15) is 42.9 Å². The van der Waals surface area contributed by atoms with Gasteiger partial charge in [-0.05, 0) is 45.1 Å². The lowest BCUT2D eigenvalue weighted by atomic mass is 9.96. The van der Waals surface area contributed by atoms with Crippen molar-refractivity contribution in [2.24, 2.45) is 11.8 Å². The Labute approximate surface area is 107 Å². The molecular formula is C13H22N2OS. The van der Waals surface area contributed by atoms with E-state index in [1.165, 1.54) is 19.3 Å². The van der Waals surface area contributed by atoms with Crippen LogP contribution < -0.4 is 5.32 Å². The predicted molar refractivity (Wildman–Crippen MR) is 71.2 cm³/mol. The van der Waals surface area contributed by atoms with E-state index in [0.717, 1.165) is 17.2 Å². The Morgan fingerprint density at radius 3 is 2.94 bits per heavy atom. The van der Waals surface area contributed by atoms with E-state index < -0.39 is 0 Å². The number of rotatable bonds is 5. The fraction of sp³-hybridized carbons (Fsp3) is 0.769. The van der Waals surface area contributed by atoms with Gasteiger partial charge in [-0.2, -0.15) is 0 Å². The number of hydrogen-bond donors (Lipinski definition) is 2. The first-order valence-corrected chi connectivity index (χ1v) is 7.35. The first kappa shape index (κ1) is 13.0. The van der Waals surface area contributed by atoms with Gasteiger partial charge < -0.3 is 10.4 Å². The zero-order chi connectivity index (χ0) is 12.3. The van der Waals surface area contributed by atoms with Crippen LogP contribution in [0.3, 0.4) is 0 Å². The van der Waals surface area contributed by atoms with Crippen LogP contribution >= 0.6 is 11.3 Å². The largest absolute Gasteiger partial charge is 0.396 e. The second kappa shape index (κ2) is 5.94. The molecule has 0 radical (unpaired) electrons. The maximum atomic E-state index is 9.28. The quantitative estimate of drug-likeness (QED) is 0.848. The molecule has 4 heteroatoms. The Hall–Kier alpha value is -0.450. The van der Waals surface area contributed by atoms with Gasteiger partial charge in [0.1, 0.15) is 0 Å². The summed E-state index contributed by atoms with van der Waals surface area (Å²) in [6.07, 6.45) is 3.70. The summed E-state index contributed by atoms with van der Waals surface area (Å²) in [6, 6.07) is 0.319. The lowest BCUT2D eigenvalue weighted by Gasteiger charge is -2.20. The molecule has 3 nitrogen and oxygen atoms in total. The molecule has 0 aliphatic heterocycles. The number of aryl methyl sites for hydroxylation is 1. The van der Waals surface area contributed by atoms with E-state index in [-0.39, 0.29) is 0 Å². The Bertz CT molecular complexity index is 353. The molecule has 1 aromatic heterocycles. The van der Waals surface area contributed by atoms with Crippen molar-refractivity contribution in [1.82, 2.24) is 10.3 Å². The van der Waals surface area contributed by atoms with E-state index in [0.29, 0.717) is 24.5 Å². The van der Waals surface area contributed by atoms with Crippen LogP contribution in [0.25, 0.3) is 0 Å². The average molecular weight is 254 g/mol. The molecule has 1 aromatic rings. The molecule has 17 heavy (non-hydrogen) atoms. The molecule has 3 unspecified atom stereocenters. The normalized spacial score (nSPS) is 26.3. The summed E-state index contributed by atoms with van der Waals surface area (Å²) >= 11 is 1.70. The van der Waals surface area contributed by atoms with Gasteiger partial charge in [-0.3, -0.25) is 0 Å². The highest BCUT2D eigenvalue weighted by Gasteiger charge is 2.26. The molecule has 2 rings (SSSR count). The molecule has 2 N–H and O–H groups in total. The number of thiazole rings is 1. The third kappa shape index (κ3) is 3.27. The summed E-state index contributed by atoms with van der Waals surface area (Å²) < 4.78 is 0. The Morgan fingerprint density at radius 1 is 1.53 bits per heavy atom. The molecule has 1 fully saturated rings. The first-order valence-electron chi connectivity index (χ1n) is 6.47. The minimum atomic E-state index is 0.319. The zero-order valence-corrected chi connectivity index (χ0v) is 11.5. The van der Waals surface area contributed by atoms with Gasteiger partial charge in [0.25, 0.3) is 0 Å². The van der Waals surface area contributed by atoms with Gasteiger partial charge in [0.15, 0.2) is 0 Å². The van der Waals surface area contributed by atoms with E-state index in [1.807, 2.05) is 6.92 Å². The third-order valence-corrected chi connectivity index (χ3v) is 4.61. The number of aliphatic hydroxyl groups excluding tert-OH is 1. The second-order valence-corrected chi connectivity index (χ2v) is 6.12. The Kier molecular flexibility index (Phi) is 4.54. The summed E-state index contributed by atoms with van der Waals surface area (Å²) in [6.45, 7) is 5.55. The maximum Gasteiger partial charge on any atom is 0.0898 e. The van der Waals surface area contributed by atoms with Crippen molar-refractivity contribution in [3.8, 4) is 0 Å². The SMILES string of the molecule is Cc1nc(C(C)NCC2CCCC2CO)cs1. The molecule has 0 bridgehead atoms.